The van der Waals surface area contributed by atoms with Gasteiger partial charge in [0.2, 0.25) is 0 Å². The summed E-state index contributed by atoms with van der Waals surface area (Å²) in [6.45, 7) is 4.19. The molecule has 0 atom stereocenters. The van der Waals surface area contributed by atoms with E-state index in [0.717, 1.165) is 21.2 Å². The van der Waals surface area contributed by atoms with E-state index in [1.54, 1.807) is 18.9 Å². The van der Waals surface area contributed by atoms with Gasteiger partial charge in [-0.25, -0.2) is 15.8 Å². The molecule has 2 rings (SSSR count). The van der Waals surface area contributed by atoms with Gasteiger partial charge in [-0.05, 0) is 30.2 Å². The molecule has 20 heavy (non-hydrogen) atoms. The van der Waals surface area contributed by atoms with Crippen molar-refractivity contribution in [3.63, 3.8) is 0 Å². The monoisotopic (exact) mass is 290 g/mol. The molecule has 3 N–H and O–H groups in total. The van der Waals surface area contributed by atoms with Gasteiger partial charge in [-0.15, -0.1) is 0 Å². The highest BCUT2D eigenvalue weighted by Gasteiger charge is 2.15. The second-order valence-electron chi connectivity index (χ2n) is 4.52. The fourth-order valence-corrected chi connectivity index (χ4v) is 2.89. The highest BCUT2D eigenvalue weighted by Crippen LogP contribution is 2.35. The molecule has 1 heterocycles. The van der Waals surface area contributed by atoms with E-state index in [1.807, 2.05) is 24.3 Å². The van der Waals surface area contributed by atoms with Crippen molar-refractivity contribution >= 4 is 17.6 Å². The van der Waals surface area contributed by atoms with Crippen LogP contribution in [0.3, 0.4) is 0 Å². The molecular weight excluding hydrogens is 272 g/mol. The Morgan fingerprint density at radius 1 is 1.20 bits per heavy atom. The molecule has 106 valence electrons. The third-order valence-corrected chi connectivity index (χ3v) is 3.86. The predicted molar refractivity (Wildman–Crippen MR) is 81.0 cm³/mol. The van der Waals surface area contributed by atoms with Crippen molar-refractivity contribution in [2.45, 2.75) is 29.7 Å². The smallest absolute Gasteiger partial charge is 0.147 e. The zero-order chi connectivity index (χ0) is 14.5. The minimum atomic E-state index is 0.281. The summed E-state index contributed by atoms with van der Waals surface area (Å²) in [5.41, 5.74) is 3.66. The first-order chi connectivity index (χ1) is 9.65. The number of benzene rings is 1. The number of methoxy groups -OCH3 is 1. The Bertz CT molecular complexity index is 572. The highest BCUT2D eigenvalue weighted by molar-refractivity contribution is 7.99. The number of nitrogens with one attached hydrogen (secondary N) is 1. The normalized spacial score (nSPS) is 10.7. The van der Waals surface area contributed by atoms with Crippen molar-refractivity contribution in [3.05, 3.63) is 36.2 Å². The van der Waals surface area contributed by atoms with Gasteiger partial charge in [0.15, 0.2) is 0 Å². The number of hydrogen-bond donors (Lipinski definition) is 2. The lowest BCUT2D eigenvalue weighted by atomic mass is 10.1. The Labute approximate surface area is 122 Å². The van der Waals surface area contributed by atoms with E-state index in [-0.39, 0.29) is 5.92 Å². The average molecular weight is 290 g/mol. The zero-order valence-corrected chi connectivity index (χ0v) is 12.6. The molecule has 0 aliphatic heterocycles. The van der Waals surface area contributed by atoms with E-state index < -0.39 is 0 Å². The lowest BCUT2D eigenvalue weighted by Crippen LogP contribution is -2.13. The first-order valence-electron chi connectivity index (χ1n) is 6.29. The van der Waals surface area contributed by atoms with Gasteiger partial charge < -0.3 is 10.2 Å². The van der Waals surface area contributed by atoms with Gasteiger partial charge in [-0.1, -0.05) is 25.6 Å². The molecule has 0 saturated heterocycles. The molecule has 1 aromatic heterocycles. The van der Waals surface area contributed by atoms with Gasteiger partial charge in [0, 0.05) is 10.5 Å². The van der Waals surface area contributed by atoms with Gasteiger partial charge in [-0.3, -0.25) is 0 Å². The molecule has 0 aliphatic rings. The topological polar surface area (TPSA) is 73.1 Å². The Hall–Kier alpha value is -1.79. The van der Waals surface area contributed by atoms with E-state index in [2.05, 4.69) is 29.2 Å². The summed E-state index contributed by atoms with van der Waals surface area (Å²) in [6, 6.07) is 7.87. The Morgan fingerprint density at radius 2 is 1.90 bits per heavy atom. The Balaban J connectivity index is 2.32. The number of nitrogens with zero attached hydrogens (tertiary/aromatic N) is 2. The highest BCUT2D eigenvalue weighted by atomic mass is 32.2. The minimum absolute atomic E-state index is 0.281. The van der Waals surface area contributed by atoms with Crippen LogP contribution in [0.1, 0.15) is 25.3 Å². The lowest BCUT2D eigenvalue weighted by Gasteiger charge is -2.14. The van der Waals surface area contributed by atoms with Crippen LogP contribution in [0.4, 0.5) is 5.82 Å². The third kappa shape index (κ3) is 3.20. The van der Waals surface area contributed by atoms with Crippen molar-refractivity contribution in [1.82, 2.24) is 9.97 Å². The molecule has 0 spiro atoms. The van der Waals surface area contributed by atoms with Crippen molar-refractivity contribution < 1.29 is 4.74 Å². The quantitative estimate of drug-likeness (QED) is 0.501. The molecule has 0 unspecified atom stereocenters. The van der Waals surface area contributed by atoms with Crippen LogP contribution in [0, 0.1) is 0 Å². The first-order valence-corrected chi connectivity index (χ1v) is 7.10. The fourth-order valence-electron chi connectivity index (χ4n) is 1.85. The van der Waals surface area contributed by atoms with Gasteiger partial charge in [0.1, 0.15) is 22.9 Å². The fraction of sp³-hybridized carbons (Fsp3) is 0.286. The molecule has 0 amide bonds. The van der Waals surface area contributed by atoms with Crippen LogP contribution >= 0.6 is 11.8 Å². The van der Waals surface area contributed by atoms with Crippen LogP contribution in [0.25, 0.3) is 0 Å². The SMILES string of the molecule is COc1ccc(Sc2ncnc(NN)c2C(C)C)cc1. The van der Waals surface area contributed by atoms with Crippen LogP contribution in [0.15, 0.2) is 40.5 Å². The number of ether oxygens (including phenoxy) is 1. The largest absolute Gasteiger partial charge is 0.497 e. The van der Waals surface area contributed by atoms with Gasteiger partial charge in [0.05, 0.1) is 7.11 Å². The van der Waals surface area contributed by atoms with E-state index in [9.17, 15) is 0 Å². The summed E-state index contributed by atoms with van der Waals surface area (Å²) in [5, 5.41) is 0.910. The van der Waals surface area contributed by atoms with E-state index in [1.165, 1.54) is 6.33 Å². The predicted octanol–water partition coefficient (Wildman–Crippen LogP) is 3.05. The molecule has 1 aromatic carbocycles. The summed E-state index contributed by atoms with van der Waals surface area (Å²) < 4.78 is 5.16. The molecule has 0 aliphatic carbocycles. The third-order valence-electron chi connectivity index (χ3n) is 2.84. The second kappa shape index (κ2) is 6.58. The number of hydrazine groups is 1. The van der Waals surface area contributed by atoms with Crippen molar-refractivity contribution in [3.8, 4) is 5.75 Å². The van der Waals surface area contributed by atoms with E-state index in [4.69, 9.17) is 10.6 Å². The molecule has 0 bridgehead atoms. The van der Waals surface area contributed by atoms with Crippen molar-refractivity contribution in [2.24, 2.45) is 5.84 Å². The minimum Gasteiger partial charge on any atom is -0.497 e. The van der Waals surface area contributed by atoms with Crippen molar-refractivity contribution in [2.75, 3.05) is 12.5 Å². The molecule has 2 aromatic rings. The summed E-state index contributed by atoms with van der Waals surface area (Å²) >= 11 is 1.59. The molecule has 0 radical (unpaired) electrons. The summed E-state index contributed by atoms with van der Waals surface area (Å²) in [6.07, 6.45) is 1.52. The maximum Gasteiger partial charge on any atom is 0.147 e. The van der Waals surface area contributed by atoms with Crippen LogP contribution in [-0.2, 0) is 0 Å². The molecule has 0 saturated carbocycles. The van der Waals surface area contributed by atoms with Gasteiger partial charge >= 0.3 is 0 Å². The maximum absolute atomic E-state index is 5.52. The standard InChI is InChI=1S/C14H18N4OS/c1-9(2)12-13(18-15)16-8-17-14(12)20-11-6-4-10(19-3)5-7-11/h4-9H,15H2,1-3H3,(H,16,17,18). The van der Waals surface area contributed by atoms with Gasteiger partial charge in [-0.2, -0.15) is 0 Å². The molecule has 0 fully saturated rings. The zero-order valence-electron chi connectivity index (χ0n) is 11.8. The Morgan fingerprint density at radius 3 is 2.45 bits per heavy atom. The number of anilines is 1. The number of nitrogen functional groups attached to an aromatic ring is 1. The lowest BCUT2D eigenvalue weighted by molar-refractivity contribution is 0.414. The van der Waals surface area contributed by atoms with Crippen LogP contribution in [0.2, 0.25) is 0 Å². The first kappa shape index (κ1) is 14.6. The summed E-state index contributed by atoms with van der Waals surface area (Å²) in [5.74, 6) is 7.31. The number of rotatable bonds is 5. The van der Waals surface area contributed by atoms with E-state index in [0.29, 0.717) is 5.82 Å². The van der Waals surface area contributed by atoms with Crippen LogP contribution in [-0.4, -0.2) is 17.1 Å². The molecule has 5 nitrogen and oxygen atoms in total. The van der Waals surface area contributed by atoms with Crippen LogP contribution < -0.4 is 16.0 Å². The number of hydrogen-bond acceptors (Lipinski definition) is 6. The molecule has 6 heteroatoms. The summed E-state index contributed by atoms with van der Waals surface area (Å²) in [7, 11) is 1.66. The number of nitrogens with two attached hydrogens (primary N) is 1. The van der Waals surface area contributed by atoms with Crippen LogP contribution in [0.5, 0.6) is 5.75 Å². The van der Waals surface area contributed by atoms with E-state index >= 15 is 0 Å². The van der Waals surface area contributed by atoms with Gasteiger partial charge in [0.25, 0.3) is 0 Å². The second-order valence-corrected chi connectivity index (χ2v) is 5.58. The van der Waals surface area contributed by atoms with Crippen molar-refractivity contribution in [1.29, 1.82) is 0 Å². The Kier molecular flexibility index (Phi) is 4.81. The maximum atomic E-state index is 5.52. The number of aromatic nitrogens is 2. The average Bonchev–Trinajstić information content (AvgIpc) is 2.47. The molecular formula is C14H18N4OS. The summed E-state index contributed by atoms with van der Waals surface area (Å²) in [4.78, 5) is 9.63.